The van der Waals surface area contributed by atoms with E-state index in [4.69, 9.17) is 4.74 Å². The van der Waals surface area contributed by atoms with Gasteiger partial charge in [0.05, 0.1) is 12.2 Å². The van der Waals surface area contributed by atoms with Crippen molar-refractivity contribution in [3.63, 3.8) is 0 Å². The summed E-state index contributed by atoms with van der Waals surface area (Å²) in [4.78, 5) is 11.7. The van der Waals surface area contributed by atoms with Gasteiger partial charge in [0.1, 0.15) is 0 Å². The van der Waals surface area contributed by atoms with Crippen molar-refractivity contribution >= 4 is 11.7 Å². The number of nitrogens with one attached hydrogen (secondary N) is 1. The average molecular weight is 205 g/mol. The minimum atomic E-state index is -0.218. The van der Waals surface area contributed by atoms with Crippen LogP contribution in [-0.4, -0.2) is 19.1 Å². The number of carbonyl (C=O) groups excluding carboxylic acids is 1. The fourth-order valence-corrected chi connectivity index (χ4v) is 2.00. The Hall–Kier alpha value is -1.51. The molecule has 2 rings (SSSR count). The minimum Gasteiger partial charge on any atom is -0.462 e. The zero-order chi connectivity index (χ0) is 10.8. The first kappa shape index (κ1) is 10.0. The number of ether oxygens (including phenoxy) is 1. The minimum absolute atomic E-state index is 0.218. The van der Waals surface area contributed by atoms with E-state index in [1.54, 1.807) is 0 Å². The van der Waals surface area contributed by atoms with Crippen molar-refractivity contribution in [1.29, 1.82) is 0 Å². The zero-order valence-electron chi connectivity index (χ0n) is 9.04. The third-order valence-corrected chi connectivity index (χ3v) is 2.69. The standard InChI is InChI=1S/C12H15NO2/c1-3-15-12(14)9-5-4-6-10-11(9)8(2)7-13-10/h4-6,8,13H,3,7H2,1-2H3. The van der Waals surface area contributed by atoms with Gasteiger partial charge in [0.2, 0.25) is 0 Å². The topological polar surface area (TPSA) is 38.3 Å². The maximum absolute atomic E-state index is 11.7. The normalized spacial score (nSPS) is 18.1. The van der Waals surface area contributed by atoms with Crippen molar-refractivity contribution in [2.75, 3.05) is 18.5 Å². The van der Waals surface area contributed by atoms with Gasteiger partial charge >= 0.3 is 5.97 Å². The number of anilines is 1. The molecule has 1 atom stereocenters. The second-order valence-corrected chi connectivity index (χ2v) is 3.77. The summed E-state index contributed by atoms with van der Waals surface area (Å²) < 4.78 is 5.03. The quantitative estimate of drug-likeness (QED) is 0.753. The highest BCUT2D eigenvalue weighted by molar-refractivity contribution is 5.93. The number of hydrogen-bond acceptors (Lipinski definition) is 3. The van der Waals surface area contributed by atoms with E-state index in [9.17, 15) is 4.79 Å². The number of fused-ring (bicyclic) bond motifs is 1. The molecule has 1 heterocycles. The SMILES string of the molecule is CCOC(=O)c1cccc2c1C(C)CN2. The van der Waals surface area contributed by atoms with E-state index in [1.807, 2.05) is 25.1 Å². The van der Waals surface area contributed by atoms with Crippen molar-refractivity contribution in [2.24, 2.45) is 0 Å². The van der Waals surface area contributed by atoms with Crippen LogP contribution in [0.4, 0.5) is 5.69 Å². The van der Waals surface area contributed by atoms with E-state index in [1.165, 1.54) is 0 Å². The summed E-state index contributed by atoms with van der Waals surface area (Å²) in [7, 11) is 0. The third-order valence-electron chi connectivity index (χ3n) is 2.69. The first-order valence-corrected chi connectivity index (χ1v) is 5.28. The van der Waals surface area contributed by atoms with Crippen LogP contribution in [0, 0.1) is 0 Å². The van der Waals surface area contributed by atoms with Crippen molar-refractivity contribution in [3.8, 4) is 0 Å². The molecule has 0 bridgehead atoms. The van der Waals surface area contributed by atoms with Crippen molar-refractivity contribution in [1.82, 2.24) is 0 Å². The average Bonchev–Trinajstić information content (AvgIpc) is 2.61. The number of benzene rings is 1. The molecule has 1 N–H and O–H groups in total. The summed E-state index contributed by atoms with van der Waals surface area (Å²) in [5, 5.41) is 3.28. The molecule has 3 nitrogen and oxygen atoms in total. The van der Waals surface area contributed by atoms with E-state index >= 15 is 0 Å². The summed E-state index contributed by atoms with van der Waals surface area (Å²) in [6.07, 6.45) is 0. The first-order chi connectivity index (χ1) is 7.24. The number of esters is 1. The first-order valence-electron chi connectivity index (χ1n) is 5.28. The van der Waals surface area contributed by atoms with Gasteiger partial charge in [-0.2, -0.15) is 0 Å². The van der Waals surface area contributed by atoms with Gasteiger partial charge in [0.25, 0.3) is 0 Å². The molecule has 1 aromatic rings. The summed E-state index contributed by atoms with van der Waals surface area (Å²) in [6, 6.07) is 5.72. The molecule has 15 heavy (non-hydrogen) atoms. The van der Waals surface area contributed by atoms with Crippen molar-refractivity contribution in [2.45, 2.75) is 19.8 Å². The number of carbonyl (C=O) groups is 1. The fourth-order valence-electron chi connectivity index (χ4n) is 2.00. The Morgan fingerprint density at radius 1 is 1.60 bits per heavy atom. The predicted octanol–water partition coefficient (Wildman–Crippen LogP) is 2.39. The molecule has 0 spiro atoms. The highest BCUT2D eigenvalue weighted by atomic mass is 16.5. The van der Waals surface area contributed by atoms with E-state index in [2.05, 4.69) is 12.2 Å². The van der Waals surface area contributed by atoms with Crippen LogP contribution in [0.15, 0.2) is 18.2 Å². The summed E-state index contributed by atoms with van der Waals surface area (Å²) in [5.41, 5.74) is 2.86. The van der Waals surface area contributed by atoms with E-state index in [0.29, 0.717) is 18.1 Å². The molecular weight excluding hydrogens is 190 g/mol. The maximum Gasteiger partial charge on any atom is 0.338 e. The smallest absolute Gasteiger partial charge is 0.338 e. The molecular formula is C12H15NO2. The third kappa shape index (κ3) is 1.69. The Labute approximate surface area is 89.4 Å². The molecule has 0 radical (unpaired) electrons. The van der Waals surface area contributed by atoms with Crippen LogP contribution in [0.3, 0.4) is 0 Å². The van der Waals surface area contributed by atoms with E-state index in [-0.39, 0.29) is 5.97 Å². The Bertz CT molecular complexity index is 387. The Morgan fingerprint density at radius 2 is 2.40 bits per heavy atom. The predicted molar refractivity (Wildman–Crippen MR) is 59.3 cm³/mol. The Morgan fingerprint density at radius 3 is 3.13 bits per heavy atom. The monoisotopic (exact) mass is 205 g/mol. The fraction of sp³-hybridized carbons (Fsp3) is 0.417. The van der Waals surface area contributed by atoms with Crippen LogP contribution in [0.2, 0.25) is 0 Å². The van der Waals surface area contributed by atoms with Crippen LogP contribution in [-0.2, 0) is 4.74 Å². The van der Waals surface area contributed by atoms with Crippen molar-refractivity contribution < 1.29 is 9.53 Å². The molecule has 3 heteroatoms. The number of rotatable bonds is 2. The van der Waals surface area contributed by atoms with Crippen LogP contribution in [0.1, 0.15) is 35.7 Å². The maximum atomic E-state index is 11.7. The van der Waals surface area contributed by atoms with Crippen LogP contribution in [0.5, 0.6) is 0 Å². The molecule has 0 saturated carbocycles. The van der Waals surface area contributed by atoms with E-state index < -0.39 is 0 Å². The van der Waals surface area contributed by atoms with Gasteiger partial charge in [0, 0.05) is 18.2 Å². The summed E-state index contributed by atoms with van der Waals surface area (Å²) in [5.74, 6) is 0.158. The highest BCUT2D eigenvalue weighted by Crippen LogP contribution is 2.34. The van der Waals surface area contributed by atoms with Crippen LogP contribution < -0.4 is 5.32 Å². The molecule has 1 aromatic carbocycles. The van der Waals surface area contributed by atoms with Gasteiger partial charge in [-0.1, -0.05) is 13.0 Å². The van der Waals surface area contributed by atoms with Crippen molar-refractivity contribution in [3.05, 3.63) is 29.3 Å². The lowest BCUT2D eigenvalue weighted by molar-refractivity contribution is 0.0525. The largest absolute Gasteiger partial charge is 0.462 e. The molecule has 1 aliphatic heterocycles. The van der Waals surface area contributed by atoms with Crippen LogP contribution in [0.25, 0.3) is 0 Å². The zero-order valence-corrected chi connectivity index (χ0v) is 9.04. The summed E-state index contributed by atoms with van der Waals surface area (Å²) in [6.45, 7) is 5.25. The van der Waals surface area contributed by atoms with Crippen LogP contribution >= 0.6 is 0 Å². The lowest BCUT2D eigenvalue weighted by Gasteiger charge is -2.09. The molecule has 80 valence electrons. The van der Waals surface area contributed by atoms with Gasteiger partial charge in [0.15, 0.2) is 0 Å². The Kier molecular flexibility index (Phi) is 2.62. The molecule has 1 aliphatic rings. The highest BCUT2D eigenvalue weighted by Gasteiger charge is 2.24. The van der Waals surface area contributed by atoms with Gasteiger partial charge in [-0.15, -0.1) is 0 Å². The molecule has 1 unspecified atom stereocenters. The lowest BCUT2D eigenvalue weighted by Crippen LogP contribution is -2.08. The van der Waals surface area contributed by atoms with Gasteiger partial charge in [-0.25, -0.2) is 4.79 Å². The van der Waals surface area contributed by atoms with E-state index in [0.717, 1.165) is 17.8 Å². The molecule has 0 amide bonds. The Balaban J connectivity index is 2.40. The molecule has 0 fully saturated rings. The summed E-state index contributed by atoms with van der Waals surface area (Å²) >= 11 is 0. The molecule has 0 aromatic heterocycles. The lowest BCUT2D eigenvalue weighted by atomic mass is 9.97. The second kappa shape index (κ2) is 3.93. The van der Waals surface area contributed by atoms with Gasteiger partial charge in [-0.3, -0.25) is 0 Å². The van der Waals surface area contributed by atoms with Gasteiger partial charge in [-0.05, 0) is 24.6 Å². The molecule has 0 aliphatic carbocycles. The molecule has 0 saturated heterocycles. The second-order valence-electron chi connectivity index (χ2n) is 3.77. The number of hydrogen-bond donors (Lipinski definition) is 1. The van der Waals surface area contributed by atoms with Gasteiger partial charge < -0.3 is 10.1 Å².